The maximum absolute atomic E-state index is 11.9. The van der Waals surface area contributed by atoms with Crippen molar-refractivity contribution in [2.24, 2.45) is 10.7 Å². The Labute approximate surface area is 217 Å². The van der Waals surface area contributed by atoms with E-state index in [1.165, 1.54) is 5.39 Å². The highest BCUT2D eigenvalue weighted by molar-refractivity contribution is 6.34. The number of aliphatic imine (C=N–C) groups is 1. The molecule has 5 N–H and O–H groups in total. The first kappa shape index (κ1) is 30.2. The van der Waals surface area contributed by atoms with Crippen LogP contribution in [0.2, 0.25) is 0 Å². The van der Waals surface area contributed by atoms with E-state index >= 15 is 0 Å². The molecule has 0 saturated heterocycles. The van der Waals surface area contributed by atoms with Gasteiger partial charge in [-0.15, -0.1) is 0 Å². The first-order valence-corrected chi connectivity index (χ1v) is 11.9. The fraction of sp³-hybridized carbons (Fsp3) is 0.346. The molecule has 0 aromatic heterocycles. The van der Waals surface area contributed by atoms with Gasteiger partial charge < -0.3 is 21.0 Å². The van der Waals surface area contributed by atoms with Gasteiger partial charge in [-0.25, -0.2) is 4.99 Å². The molecule has 0 spiro atoms. The predicted molar refractivity (Wildman–Crippen MR) is 132 cm³/mol. The molecule has 0 radical (unpaired) electrons. The van der Waals surface area contributed by atoms with Crippen LogP contribution >= 0.6 is 0 Å². The van der Waals surface area contributed by atoms with Crippen LogP contribution in [-0.2, 0) is 19.2 Å². The number of ketones is 1. The summed E-state index contributed by atoms with van der Waals surface area (Å²) >= 11 is 0. The SMILES string of the molecule is CCC(=O)CCCCC[C@H](NC(=O)C(N)=O)C1=NC=C(c2ccc3ccccc3c2)[NH2+]1.O=C([O-])C(F)(F)F. The third-order valence-corrected chi connectivity index (χ3v) is 5.70. The number of Topliss-reactive ketones (excluding diaryl/α,β-unsaturated/α-hetero) is 1. The van der Waals surface area contributed by atoms with E-state index in [4.69, 9.17) is 15.6 Å². The lowest BCUT2D eigenvalue weighted by Crippen LogP contribution is -2.87. The number of hydrogen-bond acceptors (Lipinski definition) is 6. The Morgan fingerprint density at radius 2 is 1.71 bits per heavy atom. The molecule has 1 atom stereocenters. The average Bonchev–Trinajstić information content (AvgIpc) is 3.37. The summed E-state index contributed by atoms with van der Waals surface area (Å²) in [6.45, 7) is 1.87. The summed E-state index contributed by atoms with van der Waals surface area (Å²) in [5, 5.41) is 15.7. The number of rotatable bonds is 10. The maximum atomic E-state index is 11.9. The summed E-state index contributed by atoms with van der Waals surface area (Å²) in [6.07, 6.45) is 0.837. The van der Waals surface area contributed by atoms with Crippen LogP contribution in [-0.4, -0.2) is 41.6 Å². The van der Waals surface area contributed by atoms with Crippen LogP contribution in [0.4, 0.5) is 13.2 Å². The van der Waals surface area contributed by atoms with Crippen molar-refractivity contribution in [2.45, 2.75) is 57.7 Å². The molecule has 1 heterocycles. The third kappa shape index (κ3) is 9.43. The van der Waals surface area contributed by atoms with E-state index in [0.717, 1.165) is 35.9 Å². The van der Waals surface area contributed by atoms with E-state index in [9.17, 15) is 27.6 Å². The van der Waals surface area contributed by atoms with E-state index in [0.29, 0.717) is 25.1 Å². The molecule has 1 aliphatic heterocycles. The molecule has 0 aliphatic carbocycles. The Morgan fingerprint density at radius 1 is 1.05 bits per heavy atom. The number of nitrogens with one attached hydrogen (secondary N) is 1. The van der Waals surface area contributed by atoms with Gasteiger partial charge in [0.1, 0.15) is 17.8 Å². The number of unbranched alkanes of at least 4 members (excludes halogenated alkanes) is 2. The summed E-state index contributed by atoms with van der Waals surface area (Å²) in [5.74, 6) is -3.88. The Balaban J connectivity index is 0.000000638. The number of fused-ring (bicyclic) bond motifs is 1. The number of amidine groups is 1. The predicted octanol–water partition coefficient (Wildman–Crippen LogP) is 1.31. The molecule has 2 amide bonds. The molecule has 12 heteroatoms. The zero-order valence-corrected chi connectivity index (χ0v) is 20.7. The summed E-state index contributed by atoms with van der Waals surface area (Å²) in [4.78, 5) is 47.9. The topological polar surface area (TPSA) is 158 Å². The second-order valence-corrected chi connectivity index (χ2v) is 8.51. The summed E-state index contributed by atoms with van der Waals surface area (Å²) < 4.78 is 31.5. The van der Waals surface area contributed by atoms with Crippen molar-refractivity contribution in [3.05, 3.63) is 54.2 Å². The number of quaternary nitrogens is 1. The molecule has 9 nitrogen and oxygen atoms in total. The molecule has 1 aliphatic rings. The van der Waals surface area contributed by atoms with E-state index < -0.39 is 30.0 Å². The van der Waals surface area contributed by atoms with Crippen LogP contribution in [0.25, 0.3) is 16.5 Å². The van der Waals surface area contributed by atoms with Crippen molar-refractivity contribution in [1.82, 2.24) is 5.32 Å². The fourth-order valence-corrected chi connectivity index (χ4v) is 3.64. The van der Waals surface area contributed by atoms with Crippen molar-refractivity contribution < 1.29 is 42.8 Å². The number of carboxylic acids is 1. The van der Waals surface area contributed by atoms with Gasteiger partial charge in [-0.1, -0.05) is 50.1 Å². The smallest absolute Gasteiger partial charge is 0.430 e. The standard InChI is InChI=1S/C24H28N4O3.C2HF3O2/c1-2-19(29)10-4-3-5-11-20(28-24(31)22(25)30)23-26-15-21(27-23)18-13-12-16-8-6-7-9-17(16)14-18;3-2(4,5)1(6)7/h6-9,12-15,20H,2-5,10-11H2,1H3,(H2,25,30)(H,26,27)(H,28,31);(H,6,7)/t20-;/m0./s1. The highest BCUT2D eigenvalue weighted by atomic mass is 19.4. The van der Waals surface area contributed by atoms with E-state index in [1.54, 1.807) is 6.20 Å². The lowest BCUT2D eigenvalue weighted by Gasteiger charge is -2.16. The zero-order chi connectivity index (χ0) is 28.3. The molecule has 0 bridgehead atoms. The number of amides is 2. The Kier molecular flexibility index (Phi) is 11.1. The lowest BCUT2D eigenvalue weighted by atomic mass is 10.0. The molecule has 0 unspecified atom stereocenters. The average molecular weight is 535 g/mol. The normalized spacial score (nSPS) is 13.6. The van der Waals surface area contributed by atoms with Crippen molar-refractivity contribution in [3.8, 4) is 0 Å². The molecule has 2 aromatic carbocycles. The number of hydrogen-bond donors (Lipinski definition) is 3. The molecule has 204 valence electrons. The number of benzene rings is 2. The first-order valence-electron chi connectivity index (χ1n) is 11.9. The van der Waals surface area contributed by atoms with Crippen LogP contribution in [0.3, 0.4) is 0 Å². The van der Waals surface area contributed by atoms with Gasteiger partial charge in [-0.2, -0.15) is 13.2 Å². The number of carbonyl (C=O) groups excluding carboxylic acids is 4. The van der Waals surface area contributed by atoms with Crippen molar-refractivity contribution >= 4 is 45.9 Å². The first-order chi connectivity index (χ1) is 17.9. The van der Waals surface area contributed by atoms with Crippen LogP contribution in [0.1, 0.15) is 51.0 Å². The number of aliphatic carboxylic acids is 1. The van der Waals surface area contributed by atoms with Gasteiger partial charge in [-0.05, 0) is 35.7 Å². The number of alkyl halides is 3. The zero-order valence-electron chi connectivity index (χ0n) is 20.7. The second-order valence-electron chi connectivity index (χ2n) is 8.51. The van der Waals surface area contributed by atoms with E-state index in [2.05, 4.69) is 34.6 Å². The van der Waals surface area contributed by atoms with Crippen molar-refractivity contribution in [2.75, 3.05) is 0 Å². The molecule has 2 aromatic rings. The second kappa shape index (κ2) is 14.0. The lowest BCUT2D eigenvalue weighted by molar-refractivity contribution is -0.434. The number of primary amides is 1. The minimum absolute atomic E-state index is 0.260. The highest BCUT2D eigenvalue weighted by Crippen LogP contribution is 2.20. The van der Waals surface area contributed by atoms with Crippen molar-refractivity contribution in [3.63, 3.8) is 0 Å². The summed E-state index contributed by atoms with van der Waals surface area (Å²) in [5.41, 5.74) is 7.12. The van der Waals surface area contributed by atoms with Gasteiger partial charge in [0.2, 0.25) is 5.84 Å². The third-order valence-electron chi connectivity index (χ3n) is 5.70. The maximum Gasteiger partial charge on any atom is 0.430 e. The molecule has 38 heavy (non-hydrogen) atoms. The van der Waals surface area contributed by atoms with Gasteiger partial charge in [0.05, 0.1) is 6.20 Å². The monoisotopic (exact) mass is 534 g/mol. The number of nitrogens with two attached hydrogens (primary N) is 2. The number of carbonyl (C=O) groups is 4. The van der Waals surface area contributed by atoms with Gasteiger partial charge in [0.25, 0.3) is 0 Å². The van der Waals surface area contributed by atoms with Crippen LogP contribution in [0.15, 0.2) is 53.7 Å². The molecule has 3 rings (SSSR count). The minimum atomic E-state index is -5.19. The number of nitrogens with zero attached hydrogens (tertiary/aromatic N) is 1. The number of halogens is 3. The van der Waals surface area contributed by atoms with Gasteiger partial charge in [0, 0.05) is 18.4 Å². The van der Waals surface area contributed by atoms with Crippen LogP contribution < -0.4 is 21.5 Å². The largest absolute Gasteiger partial charge is 0.542 e. The molecule has 0 fully saturated rings. The fourth-order valence-electron chi connectivity index (χ4n) is 3.64. The quantitative estimate of drug-likeness (QED) is 0.309. The van der Waals surface area contributed by atoms with Crippen LogP contribution in [0.5, 0.6) is 0 Å². The number of carboxylic acid groups (broad SMARTS) is 1. The van der Waals surface area contributed by atoms with E-state index in [1.807, 2.05) is 30.4 Å². The highest BCUT2D eigenvalue weighted by Gasteiger charge is 2.29. The molecule has 0 saturated carbocycles. The minimum Gasteiger partial charge on any atom is -0.542 e. The van der Waals surface area contributed by atoms with Crippen LogP contribution in [0, 0.1) is 0 Å². The summed E-state index contributed by atoms with van der Waals surface area (Å²) in [6, 6.07) is 14.0. The van der Waals surface area contributed by atoms with Gasteiger partial charge in [0.15, 0.2) is 5.70 Å². The Morgan fingerprint density at radius 3 is 2.32 bits per heavy atom. The van der Waals surface area contributed by atoms with E-state index in [-0.39, 0.29) is 5.78 Å². The molecular formula is C26H29F3N4O5. The Bertz CT molecular complexity index is 1240. The Hall–Kier alpha value is -4.06. The van der Waals surface area contributed by atoms with Gasteiger partial charge >= 0.3 is 18.0 Å². The van der Waals surface area contributed by atoms with Crippen molar-refractivity contribution in [1.29, 1.82) is 0 Å². The van der Waals surface area contributed by atoms with Gasteiger partial charge in [-0.3, -0.25) is 19.7 Å². The molecular weight excluding hydrogens is 505 g/mol. The summed E-state index contributed by atoms with van der Waals surface area (Å²) in [7, 11) is 0.